The van der Waals surface area contributed by atoms with Crippen LogP contribution in [0.1, 0.15) is 45.4 Å². The molecule has 0 unspecified atom stereocenters. The van der Waals surface area contributed by atoms with Gasteiger partial charge in [-0.3, -0.25) is 14.4 Å². The van der Waals surface area contributed by atoms with Crippen molar-refractivity contribution in [3.63, 3.8) is 0 Å². The number of nitrogens with one attached hydrogen (secondary N) is 2. The molecule has 1 aliphatic rings. The highest BCUT2D eigenvalue weighted by atomic mass is 32.1. The summed E-state index contributed by atoms with van der Waals surface area (Å²) >= 11 is 1.59. The lowest BCUT2D eigenvalue weighted by atomic mass is 9.85. The molecule has 1 fully saturated rings. The van der Waals surface area contributed by atoms with E-state index in [0.717, 1.165) is 21.7 Å². The first-order valence-corrected chi connectivity index (χ1v) is 11.9. The van der Waals surface area contributed by atoms with E-state index in [1.165, 1.54) is 11.8 Å². The van der Waals surface area contributed by atoms with Crippen LogP contribution in [-0.2, 0) is 20.9 Å². The number of β-amino-alcohol motifs (C(OH)–C–C–N with tert-alkyl or cyclic N) is 1. The van der Waals surface area contributed by atoms with E-state index in [1.807, 2.05) is 57.5 Å². The summed E-state index contributed by atoms with van der Waals surface area (Å²) in [5.74, 6) is -1.00. The Kier molecular flexibility index (Phi) is 7.54. The highest BCUT2D eigenvalue weighted by molar-refractivity contribution is 7.13. The summed E-state index contributed by atoms with van der Waals surface area (Å²) in [5, 5.41) is 15.8. The zero-order valence-electron chi connectivity index (χ0n) is 19.7. The highest BCUT2D eigenvalue weighted by Crippen LogP contribution is 2.28. The smallest absolute Gasteiger partial charge is 0.246 e. The average Bonchev–Trinajstić information content (AvgIpc) is 3.35. The third kappa shape index (κ3) is 5.97. The molecule has 178 valence electrons. The van der Waals surface area contributed by atoms with Gasteiger partial charge in [-0.25, -0.2) is 4.98 Å². The third-order valence-corrected chi connectivity index (χ3v) is 6.73. The van der Waals surface area contributed by atoms with Gasteiger partial charge >= 0.3 is 0 Å². The second-order valence-electron chi connectivity index (χ2n) is 9.58. The fourth-order valence-corrected chi connectivity index (χ4v) is 4.80. The number of hydrogen-bond acceptors (Lipinski definition) is 6. The van der Waals surface area contributed by atoms with Crippen LogP contribution >= 0.6 is 11.3 Å². The summed E-state index contributed by atoms with van der Waals surface area (Å²) in [6.45, 7) is 9.26. The van der Waals surface area contributed by atoms with Crippen molar-refractivity contribution in [1.29, 1.82) is 0 Å². The molecule has 2 heterocycles. The number of nitrogens with zero attached hydrogens (tertiary/aromatic N) is 2. The number of benzene rings is 1. The lowest BCUT2D eigenvalue weighted by Crippen LogP contribution is -2.57. The Bertz CT molecular complexity index is 1010. The molecule has 1 aromatic heterocycles. The molecule has 9 heteroatoms. The van der Waals surface area contributed by atoms with Crippen molar-refractivity contribution in [3.05, 3.63) is 41.0 Å². The third-order valence-electron chi connectivity index (χ3n) is 5.75. The Morgan fingerprint density at radius 1 is 1.24 bits per heavy atom. The molecular formula is C24H32N4O4S. The molecular weight excluding hydrogens is 440 g/mol. The van der Waals surface area contributed by atoms with E-state index in [1.54, 1.807) is 11.3 Å². The van der Waals surface area contributed by atoms with E-state index in [4.69, 9.17) is 0 Å². The van der Waals surface area contributed by atoms with E-state index in [-0.39, 0.29) is 30.7 Å². The molecule has 3 amide bonds. The van der Waals surface area contributed by atoms with Gasteiger partial charge in [-0.1, -0.05) is 45.0 Å². The Labute approximate surface area is 198 Å². The predicted octanol–water partition coefficient (Wildman–Crippen LogP) is 2.25. The lowest BCUT2D eigenvalue weighted by molar-refractivity contribution is -0.143. The Balaban J connectivity index is 1.67. The number of aliphatic hydroxyl groups excluding tert-OH is 1. The maximum atomic E-state index is 13.3. The monoisotopic (exact) mass is 472 g/mol. The maximum Gasteiger partial charge on any atom is 0.246 e. The van der Waals surface area contributed by atoms with Crippen LogP contribution in [0.25, 0.3) is 10.4 Å². The highest BCUT2D eigenvalue weighted by Gasteiger charge is 2.44. The number of likely N-dealkylation sites (tertiary alicyclic amines) is 1. The Hall–Kier alpha value is -2.78. The molecule has 2 aromatic rings. The van der Waals surface area contributed by atoms with Gasteiger partial charge in [-0.05, 0) is 23.5 Å². The fourth-order valence-electron chi connectivity index (χ4n) is 3.98. The Morgan fingerprint density at radius 2 is 1.91 bits per heavy atom. The number of aliphatic hydroxyl groups is 1. The van der Waals surface area contributed by atoms with Gasteiger partial charge in [0.1, 0.15) is 12.1 Å². The lowest BCUT2D eigenvalue weighted by Gasteiger charge is -2.35. The van der Waals surface area contributed by atoms with Crippen LogP contribution in [0.15, 0.2) is 29.8 Å². The van der Waals surface area contributed by atoms with E-state index >= 15 is 0 Å². The maximum absolute atomic E-state index is 13.3. The molecule has 8 nitrogen and oxygen atoms in total. The van der Waals surface area contributed by atoms with Crippen molar-refractivity contribution in [2.75, 3.05) is 6.54 Å². The number of carbonyl (C=O) groups excluding carboxylic acids is 3. The molecule has 0 radical (unpaired) electrons. The van der Waals surface area contributed by atoms with Gasteiger partial charge < -0.3 is 20.6 Å². The summed E-state index contributed by atoms with van der Waals surface area (Å²) in [4.78, 5) is 44.7. The molecule has 3 rings (SSSR count). The number of rotatable bonds is 6. The molecule has 1 aromatic carbocycles. The summed E-state index contributed by atoms with van der Waals surface area (Å²) in [5.41, 5.74) is 4.26. The van der Waals surface area contributed by atoms with Crippen molar-refractivity contribution < 1.29 is 19.5 Å². The van der Waals surface area contributed by atoms with Crippen LogP contribution in [0.5, 0.6) is 0 Å². The normalized spacial score (nSPS) is 19.3. The summed E-state index contributed by atoms with van der Waals surface area (Å²) < 4.78 is 0. The molecule has 0 aliphatic carbocycles. The number of amides is 3. The van der Waals surface area contributed by atoms with Gasteiger partial charge in [-0.2, -0.15) is 0 Å². The number of carbonyl (C=O) groups is 3. The van der Waals surface area contributed by atoms with Crippen LogP contribution in [0.4, 0.5) is 0 Å². The molecule has 0 bridgehead atoms. The molecule has 1 saturated heterocycles. The molecule has 1 aliphatic heterocycles. The van der Waals surface area contributed by atoms with E-state index in [2.05, 4.69) is 15.6 Å². The van der Waals surface area contributed by atoms with Crippen molar-refractivity contribution in [2.24, 2.45) is 5.41 Å². The zero-order valence-corrected chi connectivity index (χ0v) is 20.5. The predicted molar refractivity (Wildman–Crippen MR) is 127 cm³/mol. The molecule has 3 N–H and O–H groups in total. The average molecular weight is 473 g/mol. The number of hydrogen-bond donors (Lipinski definition) is 3. The summed E-state index contributed by atoms with van der Waals surface area (Å²) in [6, 6.07) is 6.32. The zero-order chi connectivity index (χ0) is 24.3. The van der Waals surface area contributed by atoms with Crippen molar-refractivity contribution in [1.82, 2.24) is 20.5 Å². The summed E-state index contributed by atoms with van der Waals surface area (Å²) in [7, 11) is 0. The van der Waals surface area contributed by atoms with Gasteiger partial charge in [0.25, 0.3) is 0 Å². The first-order valence-electron chi connectivity index (χ1n) is 11.0. The molecule has 3 atom stereocenters. The second kappa shape index (κ2) is 10.0. The Morgan fingerprint density at radius 3 is 2.45 bits per heavy atom. The van der Waals surface area contributed by atoms with Crippen LogP contribution in [0, 0.1) is 12.3 Å². The van der Waals surface area contributed by atoms with E-state index < -0.39 is 23.6 Å². The van der Waals surface area contributed by atoms with Crippen LogP contribution < -0.4 is 10.6 Å². The first-order chi connectivity index (χ1) is 15.5. The van der Waals surface area contributed by atoms with E-state index in [9.17, 15) is 19.5 Å². The van der Waals surface area contributed by atoms with Crippen molar-refractivity contribution in [3.8, 4) is 10.4 Å². The molecule has 0 saturated carbocycles. The largest absolute Gasteiger partial charge is 0.391 e. The van der Waals surface area contributed by atoms with E-state index in [0.29, 0.717) is 6.54 Å². The number of aromatic nitrogens is 1. The van der Waals surface area contributed by atoms with Crippen molar-refractivity contribution in [2.45, 2.75) is 65.8 Å². The van der Waals surface area contributed by atoms with Gasteiger partial charge in [-0.15, -0.1) is 11.3 Å². The topological polar surface area (TPSA) is 112 Å². The van der Waals surface area contributed by atoms with Crippen LogP contribution in [0.3, 0.4) is 0 Å². The minimum absolute atomic E-state index is 0.0615. The first kappa shape index (κ1) is 24.9. The SMILES string of the molecule is CC(=O)N[C@@H](C(=O)N1C[C@@H](O)C[C@@H]1C(=O)NCc1ccc(-c2scnc2C)cc1)C(C)(C)C. The standard InChI is InChI=1S/C24H32N4O4S/c1-14-20(33-13-26-14)17-8-6-16(7-9-17)11-25-22(31)19-10-18(30)12-28(19)23(32)21(24(3,4)5)27-15(2)29/h6-9,13,18-19,21,30H,10-12H2,1-5H3,(H,25,31)(H,27,29)/t18-,19+,21-/m0/s1. The van der Waals surface area contributed by atoms with Gasteiger partial charge in [0, 0.05) is 26.4 Å². The second-order valence-corrected chi connectivity index (χ2v) is 10.4. The quantitative estimate of drug-likeness (QED) is 0.597. The molecule has 33 heavy (non-hydrogen) atoms. The van der Waals surface area contributed by atoms with Crippen LogP contribution in [0.2, 0.25) is 0 Å². The van der Waals surface area contributed by atoms with Gasteiger partial charge in [0.05, 0.1) is 22.2 Å². The summed E-state index contributed by atoms with van der Waals surface area (Å²) in [6.07, 6.45) is -0.623. The number of thiazole rings is 1. The fraction of sp³-hybridized carbons (Fsp3) is 0.500. The van der Waals surface area contributed by atoms with Crippen molar-refractivity contribution >= 4 is 29.1 Å². The molecule has 0 spiro atoms. The minimum atomic E-state index is -0.793. The minimum Gasteiger partial charge on any atom is -0.391 e. The van der Waals surface area contributed by atoms with Gasteiger partial charge in [0.2, 0.25) is 17.7 Å². The van der Waals surface area contributed by atoms with Gasteiger partial charge in [0.15, 0.2) is 0 Å². The number of aryl methyl sites for hydroxylation is 1. The van der Waals surface area contributed by atoms with Crippen LogP contribution in [-0.4, -0.2) is 57.4 Å².